The maximum absolute atomic E-state index is 12.1. The van der Waals surface area contributed by atoms with Crippen molar-refractivity contribution in [1.29, 1.82) is 0 Å². The summed E-state index contributed by atoms with van der Waals surface area (Å²) in [6.07, 6.45) is 6.08. The summed E-state index contributed by atoms with van der Waals surface area (Å²) in [6.45, 7) is 2.98. The minimum absolute atomic E-state index is 0.0336. The molecule has 0 aromatic heterocycles. The van der Waals surface area contributed by atoms with Gasteiger partial charge >= 0.3 is 0 Å². The van der Waals surface area contributed by atoms with E-state index in [9.17, 15) is 4.79 Å². The number of hydrogen-bond acceptors (Lipinski definition) is 1. The maximum Gasteiger partial charge on any atom is 0.251 e. The Morgan fingerprint density at radius 2 is 1.70 bits per heavy atom. The molecule has 0 fully saturated rings. The zero-order chi connectivity index (χ0) is 14.2. The SMILES string of the molecule is CCCCCCCNC(=O)c1ccc2ccccc2c1. The van der Waals surface area contributed by atoms with Gasteiger partial charge in [-0.05, 0) is 29.3 Å². The molecule has 1 N–H and O–H groups in total. The summed E-state index contributed by atoms with van der Waals surface area (Å²) < 4.78 is 0. The van der Waals surface area contributed by atoms with Crippen LogP contribution in [0.1, 0.15) is 49.4 Å². The van der Waals surface area contributed by atoms with Gasteiger partial charge < -0.3 is 5.32 Å². The van der Waals surface area contributed by atoms with E-state index in [1.165, 1.54) is 31.1 Å². The Hall–Kier alpha value is -1.83. The van der Waals surface area contributed by atoms with E-state index in [1.807, 2.05) is 36.4 Å². The molecule has 0 aliphatic carbocycles. The van der Waals surface area contributed by atoms with Crippen LogP contribution in [0.3, 0.4) is 0 Å². The van der Waals surface area contributed by atoms with Crippen LogP contribution in [0.15, 0.2) is 42.5 Å². The zero-order valence-corrected chi connectivity index (χ0v) is 12.2. The van der Waals surface area contributed by atoms with Crippen molar-refractivity contribution in [3.05, 3.63) is 48.0 Å². The highest BCUT2D eigenvalue weighted by Crippen LogP contribution is 2.15. The minimum Gasteiger partial charge on any atom is -0.352 e. The van der Waals surface area contributed by atoms with E-state index in [0.717, 1.165) is 23.9 Å². The zero-order valence-electron chi connectivity index (χ0n) is 12.2. The summed E-state index contributed by atoms with van der Waals surface area (Å²) in [4.78, 5) is 12.1. The molecule has 0 aliphatic heterocycles. The molecule has 2 heteroatoms. The van der Waals surface area contributed by atoms with Crippen LogP contribution in [-0.4, -0.2) is 12.5 Å². The quantitative estimate of drug-likeness (QED) is 0.735. The first-order valence-corrected chi connectivity index (χ1v) is 7.58. The summed E-state index contributed by atoms with van der Waals surface area (Å²) >= 11 is 0. The lowest BCUT2D eigenvalue weighted by molar-refractivity contribution is 0.0953. The van der Waals surface area contributed by atoms with Crippen LogP contribution in [0, 0.1) is 0 Å². The van der Waals surface area contributed by atoms with Crippen molar-refractivity contribution in [3.8, 4) is 0 Å². The molecule has 0 radical (unpaired) electrons. The van der Waals surface area contributed by atoms with Crippen LogP contribution in [0.4, 0.5) is 0 Å². The lowest BCUT2D eigenvalue weighted by Gasteiger charge is -2.06. The number of carbonyl (C=O) groups is 1. The molecule has 0 atom stereocenters. The van der Waals surface area contributed by atoms with Crippen LogP contribution in [0.5, 0.6) is 0 Å². The van der Waals surface area contributed by atoms with Crippen molar-refractivity contribution < 1.29 is 4.79 Å². The highest BCUT2D eigenvalue weighted by molar-refractivity contribution is 5.98. The molecule has 2 aromatic carbocycles. The van der Waals surface area contributed by atoms with Crippen molar-refractivity contribution in [2.75, 3.05) is 6.54 Å². The highest BCUT2D eigenvalue weighted by atomic mass is 16.1. The fourth-order valence-electron chi connectivity index (χ4n) is 2.36. The van der Waals surface area contributed by atoms with Crippen LogP contribution < -0.4 is 5.32 Å². The Kier molecular flexibility index (Phi) is 5.60. The molecule has 0 bridgehead atoms. The maximum atomic E-state index is 12.1. The van der Waals surface area contributed by atoms with E-state index in [0.29, 0.717) is 0 Å². The normalized spacial score (nSPS) is 10.7. The molecule has 0 saturated heterocycles. The van der Waals surface area contributed by atoms with E-state index in [4.69, 9.17) is 0 Å². The number of carbonyl (C=O) groups excluding carboxylic acids is 1. The smallest absolute Gasteiger partial charge is 0.251 e. The average Bonchev–Trinajstić information content (AvgIpc) is 2.50. The van der Waals surface area contributed by atoms with Gasteiger partial charge in [-0.2, -0.15) is 0 Å². The standard InChI is InChI=1S/C18H23NO/c1-2-3-4-5-8-13-19-18(20)17-12-11-15-9-6-7-10-16(15)14-17/h6-7,9-12,14H,2-5,8,13H2,1H3,(H,19,20). The summed E-state index contributed by atoms with van der Waals surface area (Å²) in [5.74, 6) is 0.0336. The molecule has 0 aliphatic rings. The van der Waals surface area contributed by atoms with E-state index < -0.39 is 0 Å². The van der Waals surface area contributed by atoms with Gasteiger partial charge in [0.2, 0.25) is 0 Å². The van der Waals surface area contributed by atoms with Crippen LogP contribution in [0.2, 0.25) is 0 Å². The molecule has 0 saturated carbocycles. The third kappa shape index (κ3) is 4.09. The second-order valence-electron chi connectivity index (χ2n) is 5.23. The monoisotopic (exact) mass is 269 g/mol. The van der Waals surface area contributed by atoms with Crippen molar-refractivity contribution in [3.63, 3.8) is 0 Å². The molecule has 1 amide bonds. The predicted molar refractivity (Wildman–Crippen MR) is 85.0 cm³/mol. The lowest BCUT2D eigenvalue weighted by atomic mass is 10.1. The van der Waals surface area contributed by atoms with Crippen molar-refractivity contribution in [2.45, 2.75) is 39.0 Å². The number of hydrogen-bond donors (Lipinski definition) is 1. The third-order valence-electron chi connectivity index (χ3n) is 3.58. The van der Waals surface area contributed by atoms with Gasteiger partial charge in [-0.15, -0.1) is 0 Å². The van der Waals surface area contributed by atoms with E-state index in [-0.39, 0.29) is 5.91 Å². The number of fused-ring (bicyclic) bond motifs is 1. The van der Waals surface area contributed by atoms with Gasteiger partial charge in [0.1, 0.15) is 0 Å². The summed E-state index contributed by atoms with van der Waals surface area (Å²) in [7, 11) is 0. The number of rotatable bonds is 7. The number of nitrogens with one attached hydrogen (secondary N) is 1. The first kappa shape index (κ1) is 14.6. The number of unbranched alkanes of at least 4 members (excludes halogenated alkanes) is 4. The molecular formula is C18H23NO. The summed E-state index contributed by atoms with van der Waals surface area (Å²) in [5.41, 5.74) is 0.747. The number of amides is 1. The Labute approximate surface area is 121 Å². The van der Waals surface area contributed by atoms with E-state index in [1.54, 1.807) is 0 Å². The molecule has 0 unspecified atom stereocenters. The number of benzene rings is 2. The molecule has 20 heavy (non-hydrogen) atoms. The first-order chi connectivity index (χ1) is 9.81. The van der Waals surface area contributed by atoms with Crippen molar-refractivity contribution in [2.24, 2.45) is 0 Å². The first-order valence-electron chi connectivity index (χ1n) is 7.58. The van der Waals surface area contributed by atoms with Gasteiger partial charge in [-0.1, -0.05) is 62.9 Å². The van der Waals surface area contributed by atoms with Crippen LogP contribution in [-0.2, 0) is 0 Å². The Bertz CT molecular complexity index is 562. The van der Waals surface area contributed by atoms with Gasteiger partial charge in [0, 0.05) is 12.1 Å². The van der Waals surface area contributed by atoms with E-state index >= 15 is 0 Å². The van der Waals surface area contributed by atoms with Crippen molar-refractivity contribution >= 4 is 16.7 Å². The summed E-state index contributed by atoms with van der Waals surface area (Å²) in [6, 6.07) is 14.0. The fraction of sp³-hybridized carbons (Fsp3) is 0.389. The lowest BCUT2D eigenvalue weighted by Crippen LogP contribution is -2.24. The van der Waals surface area contributed by atoms with Gasteiger partial charge in [-0.3, -0.25) is 4.79 Å². The van der Waals surface area contributed by atoms with Crippen LogP contribution >= 0.6 is 0 Å². The molecular weight excluding hydrogens is 246 g/mol. The molecule has 0 heterocycles. The molecule has 2 aromatic rings. The highest BCUT2D eigenvalue weighted by Gasteiger charge is 2.05. The largest absolute Gasteiger partial charge is 0.352 e. The van der Waals surface area contributed by atoms with Crippen LogP contribution in [0.25, 0.3) is 10.8 Å². The Morgan fingerprint density at radius 1 is 0.950 bits per heavy atom. The molecule has 2 rings (SSSR count). The van der Waals surface area contributed by atoms with E-state index in [2.05, 4.69) is 18.3 Å². The molecule has 2 nitrogen and oxygen atoms in total. The van der Waals surface area contributed by atoms with Gasteiger partial charge in [0.05, 0.1) is 0 Å². The Balaban J connectivity index is 1.84. The predicted octanol–water partition coefficient (Wildman–Crippen LogP) is 4.54. The molecule has 106 valence electrons. The summed E-state index contributed by atoms with van der Waals surface area (Å²) in [5, 5.41) is 5.29. The second kappa shape index (κ2) is 7.68. The van der Waals surface area contributed by atoms with Crippen molar-refractivity contribution in [1.82, 2.24) is 5.32 Å². The third-order valence-corrected chi connectivity index (χ3v) is 3.58. The van der Waals surface area contributed by atoms with Gasteiger partial charge in [0.15, 0.2) is 0 Å². The molecule has 0 spiro atoms. The topological polar surface area (TPSA) is 29.1 Å². The Morgan fingerprint density at radius 3 is 2.50 bits per heavy atom. The van der Waals surface area contributed by atoms with Gasteiger partial charge in [0.25, 0.3) is 5.91 Å². The minimum atomic E-state index is 0.0336. The second-order valence-corrected chi connectivity index (χ2v) is 5.23. The average molecular weight is 269 g/mol. The van der Waals surface area contributed by atoms with Gasteiger partial charge in [-0.25, -0.2) is 0 Å². The fourth-order valence-corrected chi connectivity index (χ4v) is 2.36.